The van der Waals surface area contributed by atoms with Crippen molar-refractivity contribution < 1.29 is 27.8 Å². The monoisotopic (exact) mass is 397 g/mol. The number of amides is 1. The predicted molar refractivity (Wildman–Crippen MR) is 96.8 cm³/mol. The molecule has 3 fully saturated rings. The molecule has 1 atom stereocenters. The first-order valence-electron chi connectivity index (χ1n) is 9.83. The lowest BCUT2D eigenvalue weighted by Gasteiger charge is -2.51. The molecule has 28 heavy (non-hydrogen) atoms. The fourth-order valence-electron chi connectivity index (χ4n) is 5.12. The molecule has 1 amide bonds. The number of aliphatic hydroxyl groups is 1. The molecule has 2 aliphatic carbocycles. The first kappa shape index (κ1) is 19.6. The Morgan fingerprint density at radius 3 is 2.54 bits per heavy atom. The highest BCUT2D eigenvalue weighted by Gasteiger charge is 2.53. The fraction of sp³-hybridized carbons (Fsp3) is 0.667. The second kappa shape index (κ2) is 6.37. The summed E-state index contributed by atoms with van der Waals surface area (Å²) in [6, 6.07) is 4.05. The summed E-state index contributed by atoms with van der Waals surface area (Å²) in [5, 5.41) is 9.82. The molecule has 1 unspecified atom stereocenters. The maximum atomic E-state index is 13.1. The van der Waals surface area contributed by atoms with Crippen LogP contribution in [0.15, 0.2) is 18.2 Å². The van der Waals surface area contributed by atoms with Crippen molar-refractivity contribution in [2.45, 2.75) is 63.8 Å². The van der Waals surface area contributed by atoms with E-state index >= 15 is 0 Å². The van der Waals surface area contributed by atoms with Crippen molar-refractivity contribution in [3.63, 3.8) is 0 Å². The van der Waals surface area contributed by atoms with E-state index in [1.54, 1.807) is 13.0 Å². The smallest absolute Gasteiger partial charge is 0.416 e. The molecular formula is C21H26F3NO3. The van der Waals surface area contributed by atoms with E-state index in [0.717, 1.165) is 25.3 Å². The first-order chi connectivity index (χ1) is 13.0. The number of hydrogen-bond acceptors (Lipinski definition) is 3. The summed E-state index contributed by atoms with van der Waals surface area (Å²) >= 11 is 0. The summed E-state index contributed by atoms with van der Waals surface area (Å²) in [7, 11) is 0. The Kier molecular flexibility index (Phi) is 4.45. The van der Waals surface area contributed by atoms with Gasteiger partial charge in [0.05, 0.1) is 17.3 Å². The minimum Gasteiger partial charge on any atom is -0.490 e. The highest BCUT2D eigenvalue weighted by molar-refractivity contribution is 5.81. The quantitative estimate of drug-likeness (QED) is 0.841. The van der Waals surface area contributed by atoms with Crippen LogP contribution in [-0.4, -0.2) is 40.7 Å². The molecule has 0 bridgehead atoms. The largest absolute Gasteiger partial charge is 0.490 e. The topological polar surface area (TPSA) is 49.8 Å². The van der Waals surface area contributed by atoms with Crippen molar-refractivity contribution in [3.05, 3.63) is 29.3 Å². The van der Waals surface area contributed by atoms with Gasteiger partial charge in [0.15, 0.2) is 0 Å². The third-order valence-electron chi connectivity index (χ3n) is 6.63. The minimum absolute atomic E-state index is 0.0299. The zero-order valence-electron chi connectivity index (χ0n) is 16.2. The Bertz CT molecular complexity index is 776. The summed E-state index contributed by atoms with van der Waals surface area (Å²) < 4.78 is 45.2. The molecule has 1 aromatic carbocycles. The molecule has 1 aromatic rings. The van der Waals surface area contributed by atoms with Crippen molar-refractivity contribution in [1.82, 2.24) is 4.90 Å². The maximum absolute atomic E-state index is 13.1. The van der Waals surface area contributed by atoms with Crippen molar-refractivity contribution in [3.8, 4) is 5.75 Å². The van der Waals surface area contributed by atoms with Gasteiger partial charge in [0.1, 0.15) is 5.75 Å². The number of ether oxygens (including phenoxy) is 1. The minimum atomic E-state index is -4.39. The average Bonchev–Trinajstić information content (AvgIpc) is 2.95. The first-order valence-corrected chi connectivity index (χ1v) is 9.83. The van der Waals surface area contributed by atoms with Gasteiger partial charge in [-0.3, -0.25) is 4.79 Å². The van der Waals surface area contributed by atoms with E-state index < -0.39 is 17.3 Å². The normalized spacial score (nSPS) is 31.4. The number of alkyl halides is 3. The van der Waals surface area contributed by atoms with Crippen molar-refractivity contribution in [1.29, 1.82) is 0 Å². The number of rotatable bonds is 3. The van der Waals surface area contributed by atoms with Crippen LogP contribution in [0, 0.1) is 18.3 Å². The Balaban J connectivity index is 1.33. The lowest BCUT2D eigenvalue weighted by atomic mass is 9.70. The van der Waals surface area contributed by atoms with E-state index in [9.17, 15) is 23.1 Å². The third kappa shape index (κ3) is 3.49. The van der Waals surface area contributed by atoms with Crippen LogP contribution in [-0.2, 0) is 11.0 Å². The van der Waals surface area contributed by atoms with Gasteiger partial charge >= 0.3 is 6.18 Å². The number of benzene rings is 1. The summed E-state index contributed by atoms with van der Waals surface area (Å²) in [4.78, 5) is 14.3. The summed E-state index contributed by atoms with van der Waals surface area (Å²) in [5.74, 6) is 0.338. The van der Waals surface area contributed by atoms with Gasteiger partial charge in [-0.25, -0.2) is 0 Å². The van der Waals surface area contributed by atoms with Gasteiger partial charge in [-0.15, -0.1) is 0 Å². The average molecular weight is 397 g/mol. The van der Waals surface area contributed by atoms with Crippen LogP contribution in [0.3, 0.4) is 0 Å². The number of halogens is 3. The van der Waals surface area contributed by atoms with Gasteiger partial charge in [0.25, 0.3) is 0 Å². The second-order valence-electron chi connectivity index (χ2n) is 9.21. The van der Waals surface area contributed by atoms with E-state index in [1.807, 2.05) is 4.90 Å². The molecule has 0 radical (unpaired) electrons. The van der Waals surface area contributed by atoms with Crippen LogP contribution in [0.4, 0.5) is 13.2 Å². The van der Waals surface area contributed by atoms with Gasteiger partial charge in [-0.05, 0) is 58.1 Å². The molecule has 1 aliphatic heterocycles. The number of nitrogens with zero attached hydrogens (tertiary/aromatic N) is 1. The van der Waals surface area contributed by atoms with E-state index in [0.29, 0.717) is 31.7 Å². The molecule has 2 saturated carbocycles. The van der Waals surface area contributed by atoms with E-state index in [2.05, 4.69) is 0 Å². The lowest BCUT2D eigenvalue weighted by Crippen LogP contribution is -2.61. The Morgan fingerprint density at radius 1 is 1.25 bits per heavy atom. The van der Waals surface area contributed by atoms with Gasteiger partial charge in [-0.2, -0.15) is 13.2 Å². The summed E-state index contributed by atoms with van der Waals surface area (Å²) in [5.41, 5.74) is -1.21. The van der Waals surface area contributed by atoms with Crippen LogP contribution in [0.5, 0.6) is 5.75 Å². The van der Waals surface area contributed by atoms with Crippen LogP contribution < -0.4 is 4.74 Å². The zero-order valence-corrected chi connectivity index (χ0v) is 16.2. The molecule has 1 heterocycles. The summed E-state index contributed by atoms with van der Waals surface area (Å²) in [6.45, 7) is 4.57. The van der Waals surface area contributed by atoms with Crippen LogP contribution in [0.1, 0.15) is 50.2 Å². The van der Waals surface area contributed by atoms with Crippen LogP contribution in [0.25, 0.3) is 0 Å². The highest BCUT2D eigenvalue weighted by Crippen LogP contribution is 2.49. The Labute approximate surface area is 162 Å². The molecule has 4 rings (SSSR count). The van der Waals surface area contributed by atoms with E-state index in [1.165, 1.54) is 13.0 Å². The van der Waals surface area contributed by atoms with Gasteiger partial charge in [-0.1, -0.05) is 6.07 Å². The molecule has 3 aliphatic rings. The number of hydrogen-bond donors (Lipinski definition) is 1. The predicted octanol–water partition coefficient (Wildman–Crippen LogP) is 3.93. The summed E-state index contributed by atoms with van der Waals surface area (Å²) in [6.07, 6.45) is -0.997. The highest BCUT2D eigenvalue weighted by atomic mass is 19.4. The molecule has 0 aromatic heterocycles. The fourth-order valence-corrected chi connectivity index (χ4v) is 5.12. The molecular weight excluding hydrogens is 371 g/mol. The molecule has 7 heteroatoms. The van der Waals surface area contributed by atoms with Crippen LogP contribution in [0.2, 0.25) is 0 Å². The molecule has 1 saturated heterocycles. The molecule has 4 nitrogen and oxygen atoms in total. The number of carbonyl (C=O) groups is 1. The van der Waals surface area contributed by atoms with E-state index in [4.69, 9.17) is 4.74 Å². The van der Waals surface area contributed by atoms with E-state index in [-0.39, 0.29) is 28.9 Å². The van der Waals surface area contributed by atoms with Crippen molar-refractivity contribution >= 4 is 5.91 Å². The SMILES string of the molecule is Cc1c(OC2CCC3(C2)CN(C(=O)[C@H]2C[C@@](C)(O)C2)C3)cccc1C(F)(F)F. The molecule has 1 spiro atoms. The lowest BCUT2D eigenvalue weighted by molar-refractivity contribution is -0.161. The van der Waals surface area contributed by atoms with Crippen molar-refractivity contribution in [2.24, 2.45) is 11.3 Å². The number of carbonyl (C=O) groups excluding carboxylic acids is 1. The molecule has 1 N–H and O–H groups in total. The van der Waals surface area contributed by atoms with Crippen molar-refractivity contribution in [2.75, 3.05) is 13.1 Å². The van der Waals surface area contributed by atoms with Gasteiger partial charge in [0, 0.05) is 30.0 Å². The molecule has 154 valence electrons. The standard InChI is InChI=1S/C21H26F3NO3/c1-13-16(21(22,23)24)4-3-5-17(13)28-15-6-7-20(10-15)11-25(12-20)18(26)14-8-19(2,27)9-14/h3-5,14-15,27H,6-12H2,1-2H3/t14-,15?,19+. The van der Waals surface area contributed by atoms with Gasteiger partial charge < -0.3 is 14.7 Å². The maximum Gasteiger partial charge on any atom is 0.416 e. The Morgan fingerprint density at radius 2 is 1.93 bits per heavy atom. The van der Waals surface area contributed by atoms with Crippen LogP contribution >= 0.6 is 0 Å². The second-order valence-corrected chi connectivity index (χ2v) is 9.21. The third-order valence-corrected chi connectivity index (χ3v) is 6.63. The number of likely N-dealkylation sites (tertiary alicyclic amines) is 1. The Hall–Kier alpha value is -1.76. The van der Waals surface area contributed by atoms with Gasteiger partial charge in [0.2, 0.25) is 5.91 Å². The zero-order chi connectivity index (χ0) is 20.3.